The molecular weight excluding hydrogens is 242 g/mol. The SMILES string of the molecule is C=CC(=O)O.O=P([O-])(O)O.OCCO.[Na+]. The molecule has 15 heavy (non-hydrogen) atoms. The van der Waals surface area contributed by atoms with E-state index in [0.717, 1.165) is 6.08 Å². The summed E-state index contributed by atoms with van der Waals surface area (Å²) in [6.07, 6.45) is 0.833. The van der Waals surface area contributed by atoms with Crippen molar-refractivity contribution in [1.29, 1.82) is 0 Å². The van der Waals surface area contributed by atoms with Gasteiger partial charge in [0.2, 0.25) is 0 Å². The fourth-order valence-electron chi connectivity index (χ4n) is 0. The van der Waals surface area contributed by atoms with Gasteiger partial charge in [-0.3, -0.25) is 4.57 Å². The predicted octanol–water partition coefficient (Wildman–Crippen LogP) is -5.33. The second kappa shape index (κ2) is 16.7. The first-order valence-electron chi connectivity index (χ1n) is 3.02. The molecule has 0 spiro atoms. The third kappa shape index (κ3) is 203. The summed E-state index contributed by atoms with van der Waals surface area (Å²) in [5, 5.41) is 22.9. The van der Waals surface area contributed by atoms with Crippen molar-refractivity contribution < 1.29 is 68.9 Å². The molecule has 8 nitrogen and oxygen atoms in total. The molecule has 5 N–H and O–H groups in total. The number of carboxylic acid groups (broad SMARTS) is 1. The van der Waals surface area contributed by atoms with Crippen LogP contribution in [0.3, 0.4) is 0 Å². The summed E-state index contributed by atoms with van der Waals surface area (Å²) >= 11 is 0. The third-order valence-electron chi connectivity index (χ3n) is 0.275. The van der Waals surface area contributed by atoms with E-state index < -0.39 is 13.8 Å². The van der Waals surface area contributed by atoms with E-state index in [2.05, 4.69) is 6.58 Å². The van der Waals surface area contributed by atoms with Gasteiger partial charge >= 0.3 is 35.5 Å². The molecule has 0 heterocycles. The zero-order valence-corrected chi connectivity index (χ0v) is 11.0. The Labute approximate surface area is 108 Å². The first kappa shape index (κ1) is 24.5. The molecule has 0 bridgehead atoms. The van der Waals surface area contributed by atoms with E-state index in [1.165, 1.54) is 0 Å². The maximum absolute atomic E-state index is 9.25. The first-order valence-corrected chi connectivity index (χ1v) is 4.55. The molecule has 0 aromatic carbocycles. The number of aliphatic hydroxyl groups excluding tert-OH is 2. The molecule has 0 aromatic heterocycles. The zero-order valence-electron chi connectivity index (χ0n) is 8.11. The van der Waals surface area contributed by atoms with Gasteiger partial charge in [-0.2, -0.15) is 0 Å². The predicted molar refractivity (Wildman–Crippen MR) is 44.0 cm³/mol. The van der Waals surface area contributed by atoms with Crippen molar-refractivity contribution in [2.45, 2.75) is 0 Å². The van der Waals surface area contributed by atoms with Gasteiger partial charge in [0.25, 0.3) is 7.82 Å². The van der Waals surface area contributed by atoms with Gasteiger partial charge in [0.1, 0.15) is 0 Å². The van der Waals surface area contributed by atoms with Crippen molar-refractivity contribution in [2.24, 2.45) is 0 Å². The number of carboxylic acids is 1. The van der Waals surface area contributed by atoms with Gasteiger partial charge in [0.15, 0.2) is 0 Å². The van der Waals surface area contributed by atoms with Crippen molar-refractivity contribution in [2.75, 3.05) is 13.2 Å². The second-order valence-electron chi connectivity index (χ2n) is 1.48. The zero-order chi connectivity index (χ0) is 12.2. The molecule has 0 unspecified atom stereocenters. The molecule has 0 atom stereocenters. The summed E-state index contributed by atoms with van der Waals surface area (Å²) in [5.41, 5.74) is 0. The van der Waals surface area contributed by atoms with Crippen LogP contribution in [0.25, 0.3) is 0 Å². The molecule has 0 fully saturated rings. The minimum absolute atomic E-state index is 0. The van der Waals surface area contributed by atoms with E-state index in [1.54, 1.807) is 0 Å². The molecule has 10 heteroatoms. The van der Waals surface area contributed by atoms with E-state index in [-0.39, 0.29) is 42.8 Å². The Morgan fingerprint density at radius 3 is 1.47 bits per heavy atom. The smallest absolute Gasteiger partial charge is 0.756 e. The molecule has 86 valence electrons. The van der Waals surface area contributed by atoms with E-state index in [0.29, 0.717) is 0 Å². The minimum atomic E-state index is -4.89. The van der Waals surface area contributed by atoms with E-state index >= 15 is 0 Å². The quantitative estimate of drug-likeness (QED) is 0.185. The molecule has 0 rings (SSSR count). The molecule has 0 aliphatic rings. The maximum Gasteiger partial charge on any atom is 1.00 e. The van der Waals surface area contributed by atoms with Gasteiger partial charge in [-0.15, -0.1) is 0 Å². The minimum Gasteiger partial charge on any atom is -0.756 e. The molecule has 0 saturated heterocycles. The van der Waals surface area contributed by atoms with Crippen molar-refractivity contribution in [1.82, 2.24) is 0 Å². The molecule has 0 aliphatic heterocycles. The van der Waals surface area contributed by atoms with Gasteiger partial charge in [-0.05, 0) is 0 Å². The Balaban J connectivity index is -0.0000000590. The fourth-order valence-corrected chi connectivity index (χ4v) is 0. The van der Waals surface area contributed by atoms with Crippen molar-refractivity contribution in [3.05, 3.63) is 12.7 Å². The summed E-state index contributed by atoms with van der Waals surface area (Å²) in [5.74, 6) is -0.981. The topological polar surface area (TPSA) is 158 Å². The summed E-state index contributed by atoms with van der Waals surface area (Å²) in [6.45, 7) is 2.71. The maximum atomic E-state index is 9.25. The second-order valence-corrected chi connectivity index (χ2v) is 2.46. The van der Waals surface area contributed by atoms with Crippen LogP contribution >= 0.6 is 7.82 Å². The summed E-state index contributed by atoms with van der Waals surface area (Å²) in [7, 11) is -4.89. The summed E-state index contributed by atoms with van der Waals surface area (Å²) in [6, 6.07) is 0. The monoisotopic (exact) mass is 254 g/mol. The van der Waals surface area contributed by atoms with E-state index in [4.69, 9.17) is 34.6 Å². The van der Waals surface area contributed by atoms with Crippen LogP contribution in [0.5, 0.6) is 0 Å². The summed E-state index contributed by atoms with van der Waals surface area (Å²) in [4.78, 5) is 32.2. The number of hydrogen-bond donors (Lipinski definition) is 5. The van der Waals surface area contributed by atoms with Crippen LogP contribution in [0.15, 0.2) is 12.7 Å². The van der Waals surface area contributed by atoms with Gasteiger partial charge in [-0.1, -0.05) is 6.58 Å². The van der Waals surface area contributed by atoms with Gasteiger partial charge in [0.05, 0.1) is 13.2 Å². The number of aliphatic hydroxyl groups is 2. The molecule has 0 amide bonds. The first-order chi connectivity index (χ1) is 6.18. The van der Waals surface area contributed by atoms with Crippen LogP contribution in [0.4, 0.5) is 0 Å². The van der Waals surface area contributed by atoms with Crippen LogP contribution in [-0.2, 0) is 9.36 Å². The average molecular weight is 254 g/mol. The number of rotatable bonds is 2. The van der Waals surface area contributed by atoms with Crippen molar-refractivity contribution >= 4 is 13.8 Å². The number of aliphatic carboxylic acids is 1. The van der Waals surface area contributed by atoms with Gasteiger partial charge in [-0.25, -0.2) is 4.79 Å². The summed E-state index contributed by atoms with van der Waals surface area (Å²) < 4.78 is 8.77. The number of hydrogen-bond acceptors (Lipinski definition) is 5. The third-order valence-corrected chi connectivity index (χ3v) is 0.275. The average Bonchev–Trinajstić information content (AvgIpc) is 2.02. The Kier molecular flexibility index (Phi) is 27.2. The molecule has 0 radical (unpaired) electrons. The van der Waals surface area contributed by atoms with Crippen molar-refractivity contribution in [3.8, 4) is 0 Å². The molecule has 0 aliphatic carbocycles. The van der Waals surface area contributed by atoms with Crippen LogP contribution in [0.2, 0.25) is 0 Å². The van der Waals surface area contributed by atoms with Crippen LogP contribution in [-0.4, -0.2) is 44.3 Å². The van der Waals surface area contributed by atoms with Crippen molar-refractivity contribution in [3.63, 3.8) is 0 Å². The standard InChI is InChI=1S/C3H4O2.C2H6O2.Na.H3O4P/c1-2-3(4)5;3-1-2-4;;1-5(2,3)4/h2H,1H2,(H,4,5);3-4H,1-2H2;;(H3,1,2,3,4)/q;;+1;/p-1. The molecule has 0 saturated carbocycles. The van der Waals surface area contributed by atoms with Gasteiger partial charge < -0.3 is 30.0 Å². The number of phosphoric acid groups is 1. The Morgan fingerprint density at radius 2 is 1.47 bits per heavy atom. The van der Waals surface area contributed by atoms with E-state index in [1.807, 2.05) is 0 Å². The normalized spacial score (nSPS) is 8.07. The largest absolute Gasteiger partial charge is 1.00 e. The Bertz CT molecular complexity index is 179. The van der Waals surface area contributed by atoms with Gasteiger partial charge in [0, 0.05) is 6.08 Å². The van der Waals surface area contributed by atoms with Crippen LogP contribution < -0.4 is 34.5 Å². The Hall–Kier alpha value is 0.240. The molecule has 0 aromatic rings. The Morgan fingerprint density at radius 1 is 1.33 bits per heavy atom. The molecular formula is C5H12NaO8P. The number of carbonyl (C=O) groups is 1. The van der Waals surface area contributed by atoms with E-state index in [9.17, 15) is 4.79 Å². The van der Waals surface area contributed by atoms with Crippen LogP contribution in [0, 0.1) is 0 Å². The fraction of sp³-hybridized carbons (Fsp3) is 0.400. The van der Waals surface area contributed by atoms with Crippen LogP contribution in [0.1, 0.15) is 0 Å².